The minimum absolute atomic E-state index is 0.0142. The highest BCUT2D eigenvalue weighted by Gasteiger charge is 2.20. The lowest BCUT2D eigenvalue weighted by atomic mass is 9.96. The molecule has 7 heteroatoms. The summed E-state index contributed by atoms with van der Waals surface area (Å²) in [7, 11) is 3.20. The molecule has 27 heavy (non-hydrogen) atoms. The summed E-state index contributed by atoms with van der Waals surface area (Å²) in [6.07, 6.45) is 4.61. The first-order valence-corrected chi connectivity index (χ1v) is 8.81. The van der Waals surface area contributed by atoms with E-state index in [4.69, 9.17) is 14.6 Å². The van der Waals surface area contributed by atoms with Gasteiger partial charge in [0, 0.05) is 36.5 Å². The molecule has 3 aromatic rings. The van der Waals surface area contributed by atoms with Crippen LogP contribution in [0.3, 0.4) is 0 Å². The molecule has 0 fully saturated rings. The van der Waals surface area contributed by atoms with E-state index in [9.17, 15) is 9.90 Å². The summed E-state index contributed by atoms with van der Waals surface area (Å²) in [6, 6.07) is 5.96. The molecule has 0 bridgehead atoms. The number of aryl methyl sites for hydroxylation is 1. The Morgan fingerprint density at radius 1 is 1.26 bits per heavy atom. The van der Waals surface area contributed by atoms with Gasteiger partial charge < -0.3 is 14.6 Å². The molecule has 3 aromatic heterocycles. The zero-order chi connectivity index (χ0) is 19.4. The highest BCUT2D eigenvalue weighted by Crippen LogP contribution is 2.33. The molecule has 0 unspecified atom stereocenters. The maximum Gasteiger partial charge on any atom is 0.303 e. The largest absolute Gasteiger partial charge is 0.495 e. The third-order valence-corrected chi connectivity index (χ3v) is 4.53. The van der Waals surface area contributed by atoms with Crippen LogP contribution in [0.1, 0.15) is 30.3 Å². The van der Waals surface area contributed by atoms with Crippen LogP contribution < -0.4 is 4.74 Å². The molecule has 0 aliphatic heterocycles. The summed E-state index contributed by atoms with van der Waals surface area (Å²) in [6.45, 7) is 2.38. The smallest absolute Gasteiger partial charge is 0.303 e. The van der Waals surface area contributed by atoms with E-state index in [1.165, 1.54) is 0 Å². The van der Waals surface area contributed by atoms with E-state index in [1.807, 2.05) is 22.7 Å². The van der Waals surface area contributed by atoms with Crippen LogP contribution >= 0.6 is 0 Å². The number of hydrogen-bond acceptors (Lipinski definition) is 5. The Hall–Kier alpha value is -2.93. The molecule has 0 atom stereocenters. The molecular formula is C20H23N3O4. The van der Waals surface area contributed by atoms with E-state index >= 15 is 0 Å². The number of ether oxygens (including phenoxy) is 2. The van der Waals surface area contributed by atoms with Crippen molar-refractivity contribution in [1.29, 1.82) is 0 Å². The number of carboxylic acid groups (broad SMARTS) is 1. The standard InChI is InChI=1S/C20H23N3O4/c1-4-14-5-7-18-20(13-9-15(27-3)11-21-10-13)16(6-8-19(24)25)17(12-26-2)22-23(14)18/h5,7,9-11H,4,6,8,12H2,1-3H3,(H,24,25). The number of nitrogens with zero attached hydrogens (tertiary/aromatic N) is 3. The summed E-state index contributed by atoms with van der Waals surface area (Å²) in [5.41, 5.74) is 5.37. The molecule has 3 heterocycles. The number of pyridine rings is 1. The van der Waals surface area contributed by atoms with E-state index in [1.54, 1.807) is 26.6 Å². The van der Waals surface area contributed by atoms with Gasteiger partial charge >= 0.3 is 5.97 Å². The van der Waals surface area contributed by atoms with Crippen LogP contribution in [0.4, 0.5) is 0 Å². The van der Waals surface area contributed by atoms with Crippen LogP contribution in [-0.2, 0) is 29.0 Å². The number of methoxy groups -OCH3 is 2. The monoisotopic (exact) mass is 369 g/mol. The summed E-state index contributed by atoms with van der Waals surface area (Å²) in [5, 5.41) is 14.0. The Morgan fingerprint density at radius 2 is 2.07 bits per heavy atom. The van der Waals surface area contributed by atoms with Crippen molar-refractivity contribution < 1.29 is 19.4 Å². The molecule has 0 amide bonds. The molecule has 0 saturated heterocycles. The zero-order valence-corrected chi connectivity index (χ0v) is 15.7. The normalized spacial score (nSPS) is 11.1. The SMILES string of the molecule is CCc1ccc2c(-c3cncc(OC)c3)c(CCC(=O)O)c(COC)nn12. The van der Waals surface area contributed by atoms with Crippen LogP contribution in [0, 0.1) is 0 Å². The van der Waals surface area contributed by atoms with Crippen LogP contribution in [0.25, 0.3) is 16.6 Å². The number of hydrogen-bond donors (Lipinski definition) is 1. The van der Waals surface area contributed by atoms with Gasteiger partial charge in [-0.2, -0.15) is 5.10 Å². The summed E-state index contributed by atoms with van der Waals surface area (Å²) >= 11 is 0. The Kier molecular flexibility index (Phi) is 5.71. The fourth-order valence-electron chi connectivity index (χ4n) is 3.27. The predicted octanol–water partition coefficient (Wildman–Crippen LogP) is 3.13. The first kappa shape index (κ1) is 18.8. The van der Waals surface area contributed by atoms with Crippen molar-refractivity contribution in [2.45, 2.75) is 32.8 Å². The van der Waals surface area contributed by atoms with Gasteiger partial charge in [-0.1, -0.05) is 6.92 Å². The molecule has 0 aromatic carbocycles. The summed E-state index contributed by atoms with van der Waals surface area (Å²) < 4.78 is 12.6. The van der Waals surface area contributed by atoms with Gasteiger partial charge in [-0.15, -0.1) is 0 Å². The second-order valence-electron chi connectivity index (χ2n) is 6.22. The Morgan fingerprint density at radius 3 is 2.74 bits per heavy atom. The van der Waals surface area contributed by atoms with Gasteiger partial charge in [-0.05, 0) is 36.6 Å². The molecule has 7 nitrogen and oxygen atoms in total. The molecule has 1 N–H and O–H groups in total. The van der Waals surface area contributed by atoms with E-state index in [0.717, 1.165) is 40.0 Å². The maximum absolute atomic E-state index is 11.2. The molecule has 0 aliphatic rings. The van der Waals surface area contributed by atoms with Crippen LogP contribution in [0.2, 0.25) is 0 Å². The number of carboxylic acids is 1. The molecular weight excluding hydrogens is 346 g/mol. The van der Waals surface area contributed by atoms with Gasteiger partial charge in [0.2, 0.25) is 0 Å². The number of fused-ring (bicyclic) bond motifs is 1. The highest BCUT2D eigenvalue weighted by molar-refractivity contribution is 5.84. The molecule has 0 radical (unpaired) electrons. The van der Waals surface area contributed by atoms with Gasteiger partial charge in [-0.3, -0.25) is 9.78 Å². The third-order valence-electron chi connectivity index (χ3n) is 4.53. The second-order valence-corrected chi connectivity index (χ2v) is 6.22. The lowest BCUT2D eigenvalue weighted by molar-refractivity contribution is -0.136. The number of aliphatic carboxylic acids is 1. The van der Waals surface area contributed by atoms with Gasteiger partial charge in [-0.25, -0.2) is 4.52 Å². The van der Waals surface area contributed by atoms with E-state index in [2.05, 4.69) is 11.9 Å². The van der Waals surface area contributed by atoms with Gasteiger partial charge in [0.15, 0.2) is 0 Å². The van der Waals surface area contributed by atoms with Gasteiger partial charge in [0.1, 0.15) is 5.75 Å². The van der Waals surface area contributed by atoms with Crippen molar-refractivity contribution in [3.05, 3.63) is 47.5 Å². The Bertz CT molecular complexity index is 965. The second kappa shape index (κ2) is 8.18. The van der Waals surface area contributed by atoms with Crippen molar-refractivity contribution in [3.8, 4) is 16.9 Å². The van der Waals surface area contributed by atoms with Crippen molar-refractivity contribution in [2.24, 2.45) is 0 Å². The first-order valence-electron chi connectivity index (χ1n) is 8.81. The average molecular weight is 369 g/mol. The van der Waals surface area contributed by atoms with E-state index in [0.29, 0.717) is 18.8 Å². The molecule has 0 saturated carbocycles. The highest BCUT2D eigenvalue weighted by atomic mass is 16.5. The van der Waals surface area contributed by atoms with Crippen molar-refractivity contribution in [3.63, 3.8) is 0 Å². The third kappa shape index (κ3) is 3.78. The number of rotatable bonds is 8. The van der Waals surface area contributed by atoms with E-state index < -0.39 is 5.97 Å². The topological polar surface area (TPSA) is 86.0 Å². The van der Waals surface area contributed by atoms with Gasteiger partial charge in [0.05, 0.1) is 31.1 Å². The average Bonchev–Trinajstić information content (AvgIpc) is 3.08. The van der Waals surface area contributed by atoms with Gasteiger partial charge in [0.25, 0.3) is 0 Å². The fourth-order valence-corrected chi connectivity index (χ4v) is 3.27. The molecule has 3 rings (SSSR count). The lowest BCUT2D eigenvalue weighted by Crippen LogP contribution is -2.11. The Balaban J connectivity index is 2.32. The predicted molar refractivity (Wildman–Crippen MR) is 101 cm³/mol. The zero-order valence-electron chi connectivity index (χ0n) is 15.7. The summed E-state index contributed by atoms with van der Waals surface area (Å²) in [5.74, 6) is -0.209. The number of aromatic nitrogens is 3. The quantitative estimate of drug-likeness (QED) is 0.656. The first-order chi connectivity index (χ1) is 13.1. The molecule has 0 spiro atoms. The minimum Gasteiger partial charge on any atom is -0.495 e. The van der Waals surface area contributed by atoms with Crippen molar-refractivity contribution >= 4 is 11.5 Å². The number of carbonyl (C=O) groups is 1. The van der Waals surface area contributed by atoms with Crippen LogP contribution in [0.15, 0.2) is 30.6 Å². The molecule has 142 valence electrons. The van der Waals surface area contributed by atoms with Crippen LogP contribution in [0.5, 0.6) is 5.75 Å². The Labute approximate surface area is 157 Å². The van der Waals surface area contributed by atoms with Crippen molar-refractivity contribution in [2.75, 3.05) is 14.2 Å². The fraction of sp³-hybridized carbons (Fsp3) is 0.350. The van der Waals surface area contributed by atoms with E-state index in [-0.39, 0.29) is 6.42 Å². The molecule has 0 aliphatic carbocycles. The lowest BCUT2D eigenvalue weighted by Gasteiger charge is -2.17. The van der Waals surface area contributed by atoms with Crippen molar-refractivity contribution in [1.82, 2.24) is 14.6 Å². The summed E-state index contributed by atoms with van der Waals surface area (Å²) in [4.78, 5) is 15.5. The minimum atomic E-state index is -0.849. The maximum atomic E-state index is 11.2. The van der Waals surface area contributed by atoms with Crippen LogP contribution in [-0.4, -0.2) is 39.9 Å².